The van der Waals surface area contributed by atoms with Gasteiger partial charge < -0.3 is 25.3 Å². The summed E-state index contributed by atoms with van der Waals surface area (Å²) >= 11 is 0. The van der Waals surface area contributed by atoms with Gasteiger partial charge in [0.1, 0.15) is 0 Å². The maximum absolute atomic E-state index is 11.2. The molecule has 0 unspecified atom stereocenters. The van der Waals surface area contributed by atoms with E-state index in [9.17, 15) is 9.13 Å². The first kappa shape index (κ1) is 13.5. The Hall–Kier alpha value is -0.590. The van der Waals surface area contributed by atoms with Crippen LogP contribution in [0.25, 0.3) is 0 Å². The summed E-state index contributed by atoms with van der Waals surface area (Å²) in [5, 5.41) is -3.04. The second-order valence-electron chi connectivity index (χ2n) is 3.05. The molecule has 0 radical (unpaired) electrons. The van der Waals surface area contributed by atoms with Gasteiger partial charge in [-0.15, -0.1) is 0 Å². The first-order valence-corrected chi connectivity index (χ1v) is 7.14. The largest absolute Gasteiger partial charge is 0.362 e. The predicted molar refractivity (Wildman–Crippen MR) is 54.2 cm³/mol. The first-order chi connectivity index (χ1) is 7.11. The maximum Gasteiger partial charge on any atom is 0.362 e. The van der Waals surface area contributed by atoms with Crippen LogP contribution in [0.1, 0.15) is 5.56 Å². The molecule has 0 spiro atoms. The molecule has 0 saturated carbocycles. The minimum absolute atomic E-state index is 0.371. The lowest BCUT2D eigenvalue weighted by Gasteiger charge is -2.30. The summed E-state index contributed by atoms with van der Waals surface area (Å²) in [5.41, 5.74) is 4.85. The third-order valence-electron chi connectivity index (χ3n) is 1.99. The minimum atomic E-state index is -5.24. The summed E-state index contributed by atoms with van der Waals surface area (Å²) in [6.07, 6.45) is 2.25. The average molecular weight is 268 g/mol. The summed E-state index contributed by atoms with van der Waals surface area (Å²) in [6, 6.07) is 2.08. The van der Waals surface area contributed by atoms with E-state index in [0.717, 1.165) is 24.5 Å². The fraction of sp³-hybridized carbons (Fsp3) is 0.167. The highest BCUT2D eigenvalue weighted by Crippen LogP contribution is 2.71. The molecule has 16 heavy (non-hydrogen) atoms. The van der Waals surface area contributed by atoms with E-state index in [2.05, 4.69) is 4.98 Å². The standard InChI is InChI=1S/C6H10N2O6P2/c7-6(15(9,10)11,16(12,13)14)5-1-3-8-4-2-5/h1-4H,7H2,(H2,9,10,11)(H2,12,13,14). The molecule has 90 valence electrons. The molecule has 1 heterocycles. The molecule has 0 bridgehead atoms. The molecule has 0 amide bonds. The van der Waals surface area contributed by atoms with Crippen LogP contribution in [0.15, 0.2) is 24.5 Å². The van der Waals surface area contributed by atoms with Gasteiger partial charge in [-0.2, -0.15) is 0 Å². The summed E-state index contributed by atoms with van der Waals surface area (Å²) < 4.78 is 22.3. The fourth-order valence-corrected chi connectivity index (χ4v) is 3.43. The fourth-order valence-electron chi connectivity index (χ4n) is 1.10. The van der Waals surface area contributed by atoms with Crippen LogP contribution < -0.4 is 5.73 Å². The van der Waals surface area contributed by atoms with Crippen molar-refractivity contribution >= 4 is 15.2 Å². The van der Waals surface area contributed by atoms with Crippen LogP contribution in [0.3, 0.4) is 0 Å². The molecule has 0 aliphatic carbocycles. The molecule has 0 saturated heterocycles. The topological polar surface area (TPSA) is 154 Å². The highest BCUT2D eigenvalue weighted by atomic mass is 31.2. The second kappa shape index (κ2) is 4.01. The number of hydrogen-bond donors (Lipinski definition) is 5. The van der Waals surface area contributed by atoms with E-state index >= 15 is 0 Å². The zero-order valence-corrected chi connectivity index (χ0v) is 9.62. The Balaban J connectivity index is 3.52. The van der Waals surface area contributed by atoms with E-state index in [1.165, 1.54) is 0 Å². The van der Waals surface area contributed by atoms with Gasteiger partial charge in [-0.05, 0) is 17.7 Å². The normalized spacial score (nSPS) is 13.8. The van der Waals surface area contributed by atoms with Gasteiger partial charge in [-0.25, -0.2) is 0 Å². The van der Waals surface area contributed by atoms with Crippen molar-refractivity contribution in [1.29, 1.82) is 0 Å². The quantitative estimate of drug-likeness (QED) is 0.460. The van der Waals surface area contributed by atoms with Crippen molar-refractivity contribution in [3.05, 3.63) is 30.1 Å². The van der Waals surface area contributed by atoms with Crippen LogP contribution in [0.4, 0.5) is 0 Å². The minimum Gasteiger partial charge on any atom is -0.322 e. The van der Waals surface area contributed by atoms with Crippen LogP contribution in [-0.4, -0.2) is 24.6 Å². The SMILES string of the molecule is NC(c1ccncc1)(P(=O)(O)O)P(=O)(O)O. The van der Waals surface area contributed by atoms with Crippen LogP contribution in [-0.2, 0) is 14.2 Å². The van der Waals surface area contributed by atoms with Gasteiger partial charge in [0.05, 0.1) is 0 Å². The summed E-state index contributed by atoms with van der Waals surface area (Å²) in [5.74, 6) is 0. The third-order valence-corrected chi connectivity index (χ3v) is 5.85. The Labute approximate surface area is 90.5 Å². The van der Waals surface area contributed by atoms with Crippen LogP contribution >= 0.6 is 15.2 Å². The zero-order chi connectivity index (χ0) is 12.6. The number of hydrogen-bond acceptors (Lipinski definition) is 4. The van der Waals surface area contributed by atoms with E-state index in [0.29, 0.717) is 0 Å². The van der Waals surface area contributed by atoms with E-state index < -0.39 is 20.2 Å². The van der Waals surface area contributed by atoms with Crippen molar-refractivity contribution in [3.8, 4) is 0 Å². The Kier molecular flexibility index (Phi) is 3.38. The van der Waals surface area contributed by atoms with E-state index in [4.69, 9.17) is 25.3 Å². The lowest BCUT2D eigenvalue weighted by molar-refractivity contribution is 0.310. The molecule has 0 aliphatic rings. The van der Waals surface area contributed by atoms with Gasteiger partial charge in [0, 0.05) is 12.4 Å². The van der Waals surface area contributed by atoms with Gasteiger partial charge >= 0.3 is 15.2 Å². The molecule has 1 rings (SSSR count). The van der Waals surface area contributed by atoms with Gasteiger partial charge in [-0.3, -0.25) is 14.1 Å². The highest BCUT2D eigenvalue weighted by molar-refractivity contribution is 7.71. The van der Waals surface area contributed by atoms with E-state index in [-0.39, 0.29) is 5.56 Å². The van der Waals surface area contributed by atoms with Crippen molar-refractivity contribution in [3.63, 3.8) is 0 Å². The molecule has 0 aliphatic heterocycles. The molecule has 0 aromatic carbocycles. The van der Waals surface area contributed by atoms with Gasteiger partial charge in [0.15, 0.2) is 0 Å². The van der Waals surface area contributed by atoms with Gasteiger partial charge in [-0.1, -0.05) is 0 Å². The van der Waals surface area contributed by atoms with Crippen molar-refractivity contribution in [2.45, 2.75) is 5.02 Å². The third kappa shape index (κ3) is 2.09. The van der Waals surface area contributed by atoms with Crippen molar-refractivity contribution < 1.29 is 28.7 Å². The molecule has 0 fully saturated rings. The van der Waals surface area contributed by atoms with E-state index in [1.807, 2.05) is 0 Å². The van der Waals surface area contributed by atoms with Crippen LogP contribution in [0, 0.1) is 0 Å². The summed E-state index contributed by atoms with van der Waals surface area (Å²) in [6.45, 7) is 0. The molecule has 0 atom stereocenters. The second-order valence-corrected chi connectivity index (χ2v) is 6.99. The monoisotopic (exact) mass is 268 g/mol. The van der Waals surface area contributed by atoms with Crippen LogP contribution in [0.2, 0.25) is 0 Å². The first-order valence-electron chi connectivity index (χ1n) is 3.91. The molecular weight excluding hydrogens is 258 g/mol. The smallest absolute Gasteiger partial charge is 0.322 e. The molecule has 1 aromatic heterocycles. The number of nitrogens with zero attached hydrogens (tertiary/aromatic N) is 1. The molecule has 10 heteroatoms. The zero-order valence-electron chi connectivity index (χ0n) is 7.83. The van der Waals surface area contributed by atoms with E-state index in [1.54, 1.807) is 0 Å². The average Bonchev–Trinajstić information content (AvgIpc) is 2.14. The summed E-state index contributed by atoms with van der Waals surface area (Å²) in [7, 11) is -10.5. The molecular formula is C6H10N2O6P2. The Morgan fingerprint density at radius 2 is 1.44 bits per heavy atom. The number of nitrogens with two attached hydrogens (primary N) is 1. The maximum atomic E-state index is 11.2. The molecule has 6 N–H and O–H groups in total. The van der Waals surface area contributed by atoms with Gasteiger partial charge in [0.25, 0.3) is 0 Å². The lowest BCUT2D eigenvalue weighted by atomic mass is 10.3. The van der Waals surface area contributed by atoms with Crippen molar-refractivity contribution in [2.24, 2.45) is 5.73 Å². The summed E-state index contributed by atoms with van der Waals surface area (Å²) in [4.78, 5) is 39.6. The Morgan fingerprint density at radius 1 is 1.06 bits per heavy atom. The predicted octanol–water partition coefficient (Wildman–Crippen LogP) is -0.494. The lowest BCUT2D eigenvalue weighted by Crippen LogP contribution is -2.36. The molecule has 8 nitrogen and oxygen atoms in total. The van der Waals surface area contributed by atoms with Crippen LogP contribution in [0.5, 0.6) is 0 Å². The van der Waals surface area contributed by atoms with Crippen molar-refractivity contribution in [1.82, 2.24) is 4.98 Å². The van der Waals surface area contributed by atoms with Gasteiger partial charge in [0.2, 0.25) is 5.02 Å². The van der Waals surface area contributed by atoms with Crippen molar-refractivity contribution in [2.75, 3.05) is 0 Å². The Bertz CT molecular complexity index is 443. The number of rotatable bonds is 3. The molecule has 1 aromatic rings. The Morgan fingerprint density at radius 3 is 1.75 bits per heavy atom. The highest BCUT2D eigenvalue weighted by Gasteiger charge is 2.58. The number of pyridine rings is 1. The number of aromatic nitrogens is 1.